The second-order valence-electron chi connectivity index (χ2n) is 7.57. The molecule has 0 radical (unpaired) electrons. The number of aromatic nitrogens is 2. The van der Waals surface area contributed by atoms with E-state index in [9.17, 15) is 24.8 Å². The van der Waals surface area contributed by atoms with Crippen LogP contribution in [-0.4, -0.2) is 37.5 Å². The molecule has 1 amide bonds. The number of nitrogens with one attached hydrogen (secondary N) is 1. The van der Waals surface area contributed by atoms with Gasteiger partial charge in [-0.05, 0) is 49.2 Å². The Morgan fingerprint density at radius 3 is 2.55 bits per heavy atom. The van der Waals surface area contributed by atoms with E-state index in [0.29, 0.717) is 5.56 Å². The van der Waals surface area contributed by atoms with Crippen LogP contribution in [-0.2, 0) is 16.8 Å². The maximum absolute atomic E-state index is 12.5. The number of nitrogens with zero attached hydrogens (tertiary/aromatic N) is 3. The Bertz CT molecular complexity index is 952. The topological polar surface area (TPSA) is 137 Å². The van der Waals surface area contributed by atoms with Crippen molar-refractivity contribution in [2.24, 2.45) is 0 Å². The van der Waals surface area contributed by atoms with E-state index in [0.717, 1.165) is 0 Å². The summed E-state index contributed by atoms with van der Waals surface area (Å²) in [5.74, 6) is -1.21. The number of amides is 1. The third-order valence-corrected chi connectivity index (χ3v) is 4.51. The molecule has 0 saturated heterocycles. The first-order valence-corrected chi connectivity index (χ1v) is 9.32. The standard InChI is InChI=1S/C18H21BrN4O6/c1-17(2,3)29-16(26)21-18(4,11-6-5-7-12(8-11)23(27)28)10-22-14(15(24)25)13(19)9-20-22/h5-9H,10H2,1-4H3,(H,21,26)(H,24,25). The van der Waals surface area contributed by atoms with E-state index in [-0.39, 0.29) is 22.4 Å². The van der Waals surface area contributed by atoms with Gasteiger partial charge >= 0.3 is 12.1 Å². The lowest BCUT2D eigenvalue weighted by atomic mass is 9.91. The smallest absolute Gasteiger partial charge is 0.408 e. The van der Waals surface area contributed by atoms with Crippen molar-refractivity contribution in [3.8, 4) is 0 Å². The molecule has 29 heavy (non-hydrogen) atoms. The lowest BCUT2D eigenvalue weighted by Crippen LogP contribution is -2.48. The summed E-state index contributed by atoms with van der Waals surface area (Å²) in [5.41, 5.74) is -1.92. The Morgan fingerprint density at radius 2 is 2.00 bits per heavy atom. The molecule has 10 nitrogen and oxygen atoms in total. The van der Waals surface area contributed by atoms with Crippen molar-refractivity contribution in [1.29, 1.82) is 0 Å². The van der Waals surface area contributed by atoms with E-state index in [4.69, 9.17) is 4.74 Å². The van der Waals surface area contributed by atoms with Crippen LogP contribution in [0.3, 0.4) is 0 Å². The normalized spacial score (nSPS) is 13.4. The second kappa shape index (κ2) is 8.19. The maximum atomic E-state index is 12.5. The molecular weight excluding hydrogens is 448 g/mol. The summed E-state index contributed by atoms with van der Waals surface area (Å²) in [5, 5.41) is 27.4. The van der Waals surface area contributed by atoms with Crippen LogP contribution >= 0.6 is 15.9 Å². The van der Waals surface area contributed by atoms with Crippen LogP contribution in [0.4, 0.5) is 10.5 Å². The molecule has 0 saturated carbocycles. The van der Waals surface area contributed by atoms with E-state index < -0.39 is 28.1 Å². The molecule has 2 aromatic rings. The summed E-state index contributed by atoms with van der Waals surface area (Å²) in [6.45, 7) is 6.59. The predicted molar refractivity (Wildman–Crippen MR) is 107 cm³/mol. The molecule has 0 bridgehead atoms. The van der Waals surface area contributed by atoms with Gasteiger partial charge in [-0.15, -0.1) is 0 Å². The van der Waals surface area contributed by atoms with Gasteiger partial charge in [0.25, 0.3) is 5.69 Å². The van der Waals surface area contributed by atoms with Gasteiger partial charge in [0.05, 0.1) is 27.7 Å². The highest BCUT2D eigenvalue weighted by atomic mass is 79.9. The minimum absolute atomic E-state index is 0.110. The van der Waals surface area contributed by atoms with E-state index in [1.807, 2.05) is 0 Å². The summed E-state index contributed by atoms with van der Waals surface area (Å²) in [6.07, 6.45) is 0.569. The van der Waals surface area contributed by atoms with Crippen LogP contribution in [0.2, 0.25) is 0 Å². The maximum Gasteiger partial charge on any atom is 0.408 e. The van der Waals surface area contributed by atoms with Crippen molar-refractivity contribution in [3.05, 3.63) is 56.3 Å². The molecule has 1 atom stereocenters. The van der Waals surface area contributed by atoms with Gasteiger partial charge in [-0.1, -0.05) is 12.1 Å². The van der Waals surface area contributed by atoms with E-state index in [1.165, 1.54) is 29.1 Å². The number of alkyl carbamates (subject to hydrolysis) is 1. The molecule has 1 unspecified atom stereocenters. The summed E-state index contributed by atoms with van der Waals surface area (Å²) < 4.78 is 6.78. The minimum Gasteiger partial charge on any atom is -0.476 e. The predicted octanol–water partition coefficient (Wildman–Crippen LogP) is 3.69. The highest BCUT2D eigenvalue weighted by Gasteiger charge is 2.34. The van der Waals surface area contributed by atoms with Crippen molar-refractivity contribution in [2.45, 2.75) is 45.4 Å². The number of benzene rings is 1. The zero-order valence-corrected chi connectivity index (χ0v) is 17.9. The van der Waals surface area contributed by atoms with Gasteiger partial charge in [0, 0.05) is 12.1 Å². The quantitative estimate of drug-likeness (QED) is 0.486. The molecular formula is C18H21BrN4O6. The molecule has 0 aliphatic heterocycles. The van der Waals surface area contributed by atoms with Crippen molar-refractivity contribution in [2.75, 3.05) is 0 Å². The van der Waals surface area contributed by atoms with Crippen LogP contribution in [0.1, 0.15) is 43.7 Å². The Hall–Kier alpha value is -2.95. The number of aromatic carboxylic acids is 1. The van der Waals surface area contributed by atoms with Crippen molar-refractivity contribution >= 4 is 33.7 Å². The number of carboxylic acids is 1. The molecule has 2 rings (SSSR count). The number of hydrogen-bond donors (Lipinski definition) is 2. The number of carbonyl (C=O) groups is 2. The van der Waals surface area contributed by atoms with Crippen molar-refractivity contribution in [1.82, 2.24) is 15.1 Å². The average Bonchev–Trinajstić information content (AvgIpc) is 2.93. The van der Waals surface area contributed by atoms with Gasteiger partial charge in [-0.25, -0.2) is 9.59 Å². The fourth-order valence-electron chi connectivity index (χ4n) is 2.69. The third kappa shape index (κ3) is 5.53. The van der Waals surface area contributed by atoms with Gasteiger partial charge in [-0.2, -0.15) is 5.10 Å². The van der Waals surface area contributed by atoms with E-state index in [1.54, 1.807) is 33.8 Å². The first-order valence-electron chi connectivity index (χ1n) is 8.53. The first-order chi connectivity index (χ1) is 13.3. The van der Waals surface area contributed by atoms with Crippen LogP contribution < -0.4 is 5.32 Å². The van der Waals surface area contributed by atoms with Crippen molar-refractivity contribution in [3.63, 3.8) is 0 Å². The van der Waals surface area contributed by atoms with Crippen LogP contribution in [0, 0.1) is 10.1 Å². The van der Waals surface area contributed by atoms with Gasteiger partial charge in [-0.3, -0.25) is 14.8 Å². The molecule has 0 spiro atoms. The molecule has 0 aliphatic carbocycles. The van der Waals surface area contributed by atoms with Crippen LogP contribution in [0.15, 0.2) is 34.9 Å². The largest absolute Gasteiger partial charge is 0.476 e. The highest BCUT2D eigenvalue weighted by molar-refractivity contribution is 9.10. The number of halogens is 1. The molecule has 1 heterocycles. The number of nitro benzene ring substituents is 1. The molecule has 2 N–H and O–H groups in total. The molecule has 156 valence electrons. The lowest BCUT2D eigenvalue weighted by molar-refractivity contribution is -0.385. The van der Waals surface area contributed by atoms with Gasteiger partial charge < -0.3 is 15.2 Å². The fraction of sp³-hybridized carbons (Fsp3) is 0.389. The Morgan fingerprint density at radius 1 is 1.34 bits per heavy atom. The Balaban J connectivity index is 2.51. The van der Waals surface area contributed by atoms with Crippen LogP contribution in [0.5, 0.6) is 0 Å². The third-order valence-electron chi connectivity index (χ3n) is 3.93. The SMILES string of the molecule is CC(C)(C)OC(=O)NC(C)(Cn1ncc(Br)c1C(=O)O)c1cccc([N+](=O)[O-])c1. The number of rotatable bonds is 6. The van der Waals surface area contributed by atoms with E-state index >= 15 is 0 Å². The Kier molecular flexibility index (Phi) is 6.31. The zero-order chi connectivity index (χ0) is 22.0. The summed E-state index contributed by atoms with van der Waals surface area (Å²) in [4.78, 5) is 34.7. The zero-order valence-electron chi connectivity index (χ0n) is 16.3. The number of nitro groups is 1. The van der Waals surface area contributed by atoms with Gasteiger partial charge in [0.15, 0.2) is 5.69 Å². The molecule has 11 heteroatoms. The number of hydrogen-bond acceptors (Lipinski definition) is 6. The molecule has 0 fully saturated rings. The summed E-state index contributed by atoms with van der Waals surface area (Å²) >= 11 is 3.14. The lowest BCUT2D eigenvalue weighted by Gasteiger charge is -2.32. The summed E-state index contributed by atoms with van der Waals surface area (Å²) in [7, 11) is 0. The number of ether oxygens (including phenoxy) is 1. The molecule has 1 aromatic carbocycles. The highest BCUT2D eigenvalue weighted by Crippen LogP contribution is 2.28. The second-order valence-corrected chi connectivity index (χ2v) is 8.42. The monoisotopic (exact) mass is 468 g/mol. The van der Waals surface area contributed by atoms with Crippen molar-refractivity contribution < 1.29 is 24.4 Å². The van der Waals surface area contributed by atoms with Gasteiger partial charge in [0.2, 0.25) is 0 Å². The van der Waals surface area contributed by atoms with Crippen LogP contribution in [0.25, 0.3) is 0 Å². The summed E-state index contributed by atoms with van der Waals surface area (Å²) in [6, 6.07) is 5.73. The minimum atomic E-state index is -1.26. The number of carbonyl (C=O) groups excluding carboxylic acids is 1. The molecule has 0 aliphatic rings. The van der Waals surface area contributed by atoms with E-state index in [2.05, 4.69) is 26.3 Å². The first kappa shape index (κ1) is 22.3. The number of non-ortho nitro benzene ring substituents is 1. The number of carboxylic acid groups (broad SMARTS) is 1. The van der Waals surface area contributed by atoms with Gasteiger partial charge in [0.1, 0.15) is 5.60 Å². The Labute approximate surface area is 175 Å². The molecule has 1 aromatic heterocycles. The fourth-order valence-corrected chi connectivity index (χ4v) is 3.15. The average molecular weight is 469 g/mol.